The third kappa shape index (κ3) is 4.62. The largest absolute Gasteiger partial charge is 0.365 e. The van der Waals surface area contributed by atoms with Crippen LogP contribution in [0.1, 0.15) is 36.0 Å². The number of aromatic nitrogens is 3. The first-order valence-corrected chi connectivity index (χ1v) is 10.3. The van der Waals surface area contributed by atoms with E-state index in [2.05, 4.69) is 20.7 Å². The number of halogens is 3. The van der Waals surface area contributed by atoms with Gasteiger partial charge in [-0.25, -0.2) is 18.2 Å². The van der Waals surface area contributed by atoms with Gasteiger partial charge in [-0.3, -0.25) is 9.48 Å². The number of pyridine rings is 1. The van der Waals surface area contributed by atoms with Gasteiger partial charge in [0.05, 0.1) is 17.3 Å². The van der Waals surface area contributed by atoms with Crippen molar-refractivity contribution in [1.82, 2.24) is 14.8 Å². The Morgan fingerprint density at radius 1 is 1.22 bits per heavy atom. The normalized spacial score (nSPS) is 18.8. The highest BCUT2D eigenvalue weighted by atomic mass is 19.3. The summed E-state index contributed by atoms with van der Waals surface area (Å²) in [6.07, 6.45) is 2.58. The van der Waals surface area contributed by atoms with Crippen molar-refractivity contribution in [3.8, 4) is 0 Å². The van der Waals surface area contributed by atoms with Crippen LogP contribution in [-0.2, 0) is 6.54 Å². The number of nitrogens with two attached hydrogens (primary N) is 2. The molecule has 11 heteroatoms. The molecule has 1 saturated carbocycles. The molecule has 8 nitrogen and oxygen atoms in total. The number of primary amides is 1. The molecule has 1 aliphatic rings. The number of amides is 1. The van der Waals surface area contributed by atoms with Crippen LogP contribution < -0.4 is 22.1 Å². The van der Waals surface area contributed by atoms with E-state index in [-0.39, 0.29) is 29.3 Å². The van der Waals surface area contributed by atoms with Gasteiger partial charge in [-0.2, -0.15) is 5.10 Å². The summed E-state index contributed by atoms with van der Waals surface area (Å²) < 4.78 is 41.3. The zero-order chi connectivity index (χ0) is 22.8. The van der Waals surface area contributed by atoms with Crippen LogP contribution in [0.15, 0.2) is 30.5 Å². The predicted molar refractivity (Wildman–Crippen MR) is 116 cm³/mol. The van der Waals surface area contributed by atoms with Crippen molar-refractivity contribution < 1.29 is 18.0 Å². The van der Waals surface area contributed by atoms with Crippen molar-refractivity contribution >= 4 is 34.1 Å². The average molecular weight is 447 g/mol. The number of carbonyl (C=O) groups excluding carboxylic acids is 1. The van der Waals surface area contributed by atoms with E-state index in [0.717, 1.165) is 31.7 Å². The molecular formula is C21H24F3N7O. The maximum atomic E-state index is 14.7. The minimum absolute atomic E-state index is 0.0225. The molecular weight excluding hydrogens is 423 g/mol. The number of carbonyl (C=O) groups is 1. The lowest BCUT2D eigenvalue weighted by atomic mass is 9.91. The van der Waals surface area contributed by atoms with Crippen LogP contribution in [0.25, 0.3) is 10.9 Å². The van der Waals surface area contributed by atoms with Crippen molar-refractivity contribution in [3.05, 3.63) is 41.8 Å². The maximum absolute atomic E-state index is 14.7. The van der Waals surface area contributed by atoms with Crippen LogP contribution in [0.4, 0.5) is 30.5 Å². The van der Waals surface area contributed by atoms with Gasteiger partial charge < -0.3 is 22.1 Å². The maximum Gasteiger partial charge on any atom is 0.257 e. The lowest BCUT2D eigenvalue weighted by Gasteiger charge is -2.30. The Balaban J connectivity index is 1.63. The minimum atomic E-state index is -2.53. The van der Waals surface area contributed by atoms with Gasteiger partial charge in [0.25, 0.3) is 12.3 Å². The van der Waals surface area contributed by atoms with E-state index in [0.29, 0.717) is 16.6 Å². The molecule has 2 aromatic heterocycles. The fourth-order valence-electron chi connectivity index (χ4n) is 3.97. The predicted octanol–water partition coefficient (Wildman–Crippen LogP) is 3.36. The van der Waals surface area contributed by atoms with Crippen LogP contribution in [-0.4, -0.2) is 39.2 Å². The minimum Gasteiger partial charge on any atom is -0.365 e. The van der Waals surface area contributed by atoms with E-state index in [1.807, 2.05) is 0 Å². The van der Waals surface area contributed by atoms with Crippen molar-refractivity contribution in [2.45, 2.75) is 50.7 Å². The van der Waals surface area contributed by atoms with Crippen LogP contribution in [0, 0.1) is 5.82 Å². The van der Waals surface area contributed by atoms with Crippen LogP contribution in [0.3, 0.4) is 0 Å². The van der Waals surface area contributed by atoms with Crippen LogP contribution in [0.2, 0.25) is 0 Å². The highest BCUT2D eigenvalue weighted by molar-refractivity contribution is 5.99. The second-order valence-corrected chi connectivity index (χ2v) is 7.89. The first-order valence-electron chi connectivity index (χ1n) is 10.3. The summed E-state index contributed by atoms with van der Waals surface area (Å²) in [4.78, 5) is 16.2. The molecule has 0 saturated heterocycles. The van der Waals surface area contributed by atoms with E-state index in [9.17, 15) is 18.0 Å². The van der Waals surface area contributed by atoms with Crippen molar-refractivity contribution in [1.29, 1.82) is 0 Å². The number of rotatable bonds is 7. The fourth-order valence-corrected chi connectivity index (χ4v) is 3.97. The molecule has 6 N–H and O–H groups in total. The summed E-state index contributed by atoms with van der Waals surface area (Å²) in [6.45, 7) is -0.514. The first kappa shape index (κ1) is 21.9. The number of fused-ring (bicyclic) bond motifs is 1. The number of alkyl halides is 2. The third-order valence-corrected chi connectivity index (χ3v) is 5.60. The van der Waals surface area contributed by atoms with Gasteiger partial charge in [-0.05, 0) is 37.1 Å². The highest BCUT2D eigenvalue weighted by Crippen LogP contribution is 2.28. The standard InChI is InChI=1S/C21H24F3N7O/c22-14-8-13(19(26)32)20(30-21(14)29-16-4-2-1-3-15(16)25)28-12-5-6-17-11(7-12)9-27-31(17)10-18(23)24/h5-9,15-16,18H,1-4,10,25H2,(H2,26,32)(H2,28,29,30)/t15-,16?/m0/s1. The molecule has 170 valence electrons. The molecule has 32 heavy (non-hydrogen) atoms. The second-order valence-electron chi connectivity index (χ2n) is 7.89. The molecule has 1 amide bonds. The SMILES string of the molecule is NC(=O)c1cc(F)c(NC2CCCC[C@@H]2N)nc1Nc1ccc2c(cnn2CC(F)F)c1. The molecule has 3 aromatic rings. The number of nitrogens with zero attached hydrogens (tertiary/aromatic N) is 3. The Kier molecular flexibility index (Phi) is 6.17. The quantitative estimate of drug-likeness (QED) is 0.440. The fraction of sp³-hybridized carbons (Fsp3) is 0.381. The summed E-state index contributed by atoms with van der Waals surface area (Å²) in [7, 11) is 0. The van der Waals surface area contributed by atoms with E-state index < -0.39 is 24.7 Å². The van der Waals surface area contributed by atoms with Crippen LogP contribution >= 0.6 is 0 Å². The first-order chi connectivity index (χ1) is 15.3. The molecule has 0 spiro atoms. The monoisotopic (exact) mass is 447 g/mol. The summed E-state index contributed by atoms with van der Waals surface area (Å²) in [6, 6.07) is 5.71. The molecule has 0 radical (unpaired) electrons. The smallest absolute Gasteiger partial charge is 0.257 e. The van der Waals surface area contributed by atoms with E-state index >= 15 is 0 Å². The highest BCUT2D eigenvalue weighted by Gasteiger charge is 2.24. The Labute approximate surface area is 182 Å². The van der Waals surface area contributed by atoms with Crippen molar-refractivity contribution in [2.75, 3.05) is 10.6 Å². The molecule has 2 atom stereocenters. The number of benzene rings is 1. The Bertz CT molecular complexity index is 1130. The molecule has 1 aliphatic carbocycles. The van der Waals surface area contributed by atoms with Gasteiger partial charge in [-0.1, -0.05) is 12.8 Å². The van der Waals surface area contributed by atoms with E-state index in [1.165, 1.54) is 10.9 Å². The number of hydrogen-bond acceptors (Lipinski definition) is 6. The topological polar surface area (TPSA) is 124 Å². The van der Waals surface area contributed by atoms with Gasteiger partial charge >= 0.3 is 0 Å². The van der Waals surface area contributed by atoms with E-state index in [1.54, 1.807) is 18.2 Å². The van der Waals surface area contributed by atoms with Crippen molar-refractivity contribution in [3.63, 3.8) is 0 Å². The number of anilines is 3. The molecule has 4 rings (SSSR count). The Morgan fingerprint density at radius 3 is 2.72 bits per heavy atom. The number of hydrogen-bond donors (Lipinski definition) is 4. The second kappa shape index (κ2) is 9.03. The zero-order valence-electron chi connectivity index (χ0n) is 17.2. The Morgan fingerprint density at radius 2 is 2.00 bits per heavy atom. The van der Waals surface area contributed by atoms with Gasteiger partial charge in [0, 0.05) is 23.2 Å². The summed E-state index contributed by atoms with van der Waals surface area (Å²) in [5.74, 6) is -1.49. The van der Waals surface area contributed by atoms with Crippen molar-refractivity contribution in [2.24, 2.45) is 11.5 Å². The van der Waals surface area contributed by atoms with Gasteiger partial charge in [0.2, 0.25) is 0 Å². The van der Waals surface area contributed by atoms with Gasteiger partial charge in [0.1, 0.15) is 12.4 Å². The van der Waals surface area contributed by atoms with E-state index in [4.69, 9.17) is 11.5 Å². The van der Waals surface area contributed by atoms with Gasteiger partial charge in [-0.15, -0.1) is 0 Å². The summed E-state index contributed by atoms with van der Waals surface area (Å²) in [5, 5.41) is 10.6. The summed E-state index contributed by atoms with van der Waals surface area (Å²) in [5.41, 5.74) is 12.5. The molecule has 0 bridgehead atoms. The molecule has 1 aromatic carbocycles. The zero-order valence-corrected chi connectivity index (χ0v) is 17.2. The Hall–Kier alpha value is -3.34. The molecule has 1 fully saturated rings. The average Bonchev–Trinajstić information content (AvgIpc) is 3.13. The number of nitrogens with one attached hydrogen (secondary N) is 2. The summed E-state index contributed by atoms with van der Waals surface area (Å²) >= 11 is 0. The molecule has 2 heterocycles. The lowest BCUT2D eigenvalue weighted by Crippen LogP contribution is -2.43. The lowest BCUT2D eigenvalue weighted by molar-refractivity contribution is 0.1000. The van der Waals surface area contributed by atoms with Gasteiger partial charge in [0.15, 0.2) is 11.6 Å². The molecule has 0 aliphatic heterocycles. The third-order valence-electron chi connectivity index (χ3n) is 5.60. The molecule has 1 unspecified atom stereocenters. The van der Waals surface area contributed by atoms with Crippen LogP contribution in [0.5, 0.6) is 0 Å².